The number of pyridine rings is 1. The molecule has 6 nitrogen and oxygen atoms in total. The van der Waals surface area contributed by atoms with E-state index in [9.17, 15) is 9.59 Å². The van der Waals surface area contributed by atoms with E-state index in [4.69, 9.17) is 27.9 Å². The molecule has 5 rings (SSSR count). The Labute approximate surface area is 223 Å². The van der Waals surface area contributed by atoms with Gasteiger partial charge < -0.3 is 14.6 Å². The lowest BCUT2D eigenvalue weighted by Gasteiger charge is -2.09. The molecule has 0 saturated heterocycles. The standard InChI is InChI=1S/C29H21Cl2N3O3/c30-24-14-32-15-25(31)27(24)33-29(36)28(35)23-17-34(16-19-7-3-1-4-8-19)26-12-11-21(13-22(23)26)37-18-20-9-5-2-6-10-20/h1-15,17H,16,18H2,(H,32,33,36). The van der Waals surface area contributed by atoms with Gasteiger partial charge in [-0.25, -0.2) is 0 Å². The fraction of sp³-hybridized carbons (Fsp3) is 0.0690. The van der Waals surface area contributed by atoms with Crippen LogP contribution < -0.4 is 10.1 Å². The maximum absolute atomic E-state index is 13.4. The molecule has 8 heteroatoms. The molecule has 0 radical (unpaired) electrons. The molecule has 0 aliphatic heterocycles. The zero-order valence-electron chi connectivity index (χ0n) is 19.5. The van der Waals surface area contributed by atoms with Crippen LogP contribution in [0, 0.1) is 0 Å². The molecule has 0 aliphatic rings. The lowest BCUT2D eigenvalue weighted by atomic mass is 10.1. The number of carbonyl (C=O) groups is 2. The number of nitrogens with zero attached hydrogens (tertiary/aromatic N) is 2. The number of aromatic nitrogens is 2. The van der Waals surface area contributed by atoms with Crippen LogP contribution in [0.25, 0.3) is 10.9 Å². The Balaban J connectivity index is 1.49. The van der Waals surface area contributed by atoms with Crippen molar-refractivity contribution in [3.05, 3.63) is 124 Å². The van der Waals surface area contributed by atoms with Gasteiger partial charge in [0, 0.05) is 36.0 Å². The fourth-order valence-corrected chi connectivity index (χ4v) is 4.48. The van der Waals surface area contributed by atoms with E-state index in [-0.39, 0.29) is 21.3 Å². The number of Topliss-reactive ketones (excluding diaryl/α,β-unsaturated/α-hetero) is 1. The molecule has 37 heavy (non-hydrogen) atoms. The normalized spacial score (nSPS) is 10.9. The van der Waals surface area contributed by atoms with Crippen LogP contribution in [0.5, 0.6) is 5.75 Å². The van der Waals surface area contributed by atoms with E-state index in [1.807, 2.05) is 77.4 Å². The molecule has 0 aliphatic carbocycles. The summed E-state index contributed by atoms with van der Waals surface area (Å²) in [6, 6.07) is 25.2. The molecule has 0 atom stereocenters. The van der Waals surface area contributed by atoms with Crippen LogP contribution in [-0.2, 0) is 17.9 Å². The number of hydrogen-bond donors (Lipinski definition) is 1. The lowest BCUT2D eigenvalue weighted by Crippen LogP contribution is -2.23. The summed E-state index contributed by atoms with van der Waals surface area (Å²) >= 11 is 12.3. The van der Waals surface area contributed by atoms with Gasteiger partial charge in [0.15, 0.2) is 0 Å². The number of rotatable bonds is 8. The van der Waals surface area contributed by atoms with Crippen molar-refractivity contribution in [3.8, 4) is 5.75 Å². The van der Waals surface area contributed by atoms with Crippen LogP contribution >= 0.6 is 23.2 Å². The Hall–Kier alpha value is -4.13. The monoisotopic (exact) mass is 529 g/mol. The summed E-state index contributed by atoms with van der Waals surface area (Å²) in [5, 5.41) is 3.41. The van der Waals surface area contributed by atoms with Crippen molar-refractivity contribution in [1.82, 2.24) is 9.55 Å². The number of nitrogens with one attached hydrogen (secondary N) is 1. The van der Waals surface area contributed by atoms with E-state index in [0.29, 0.717) is 24.3 Å². The van der Waals surface area contributed by atoms with Crippen molar-refractivity contribution >= 4 is 51.5 Å². The minimum atomic E-state index is -0.857. The molecular formula is C29H21Cl2N3O3. The molecule has 5 aromatic rings. The number of benzene rings is 3. The molecule has 0 unspecified atom stereocenters. The first-order valence-corrected chi connectivity index (χ1v) is 12.2. The molecule has 0 spiro atoms. The highest BCUT2D eigenvalue weighted by molar-refractivity contribution is 6.50. The highest BCUT2D eigenvalue weighted by Gasteiger charge is 2.24. The third-order valence-electron chi connectivity index (χ3n) is 5.84. The Morgan fingerprint density at radius 2 is 1.51 bits per heavy atom. The number of carbonyl (C=O) groups excluding carboxylic acids is 2. The average Bonchev–Trinajstić information content (AvgIpc) is 3.27. The number of amides is 1. The van der Waals surface area contributed by atoms with Crippen LogP contribution in [0.2, 0.25) is 10.0 Å². The number of ether oxygens (including phenoxy) is 1. The van der Waals surface area contributed by atoms with Crippen LogP contribution in [-0.4, -0.2) is 21.2 Å². The molecular weight excluding hydrogens is 509 g/mol. The molecule has 0 bridgehead atoms. The number of anilines is 1. The number of halogens is 2. The van der Waals surface area contributed by atoms with Gasteiger partial charge in [-0.15, -0.1) is 0 Å². The maximum Gasteiger partial charge on any atom is 0.296 e. The minimum Gasteiger partial charge on any atom is -0.489 e. The van der Waals surface area contributed by atoms with Gasteiger partial charge in [0.2, 0.25) is 0 Å². The molecule has 0 fully saturated rings. The summed E-state index contributed by atoms with van der Waals surface area (Å²) in [5.41, 5.74) is 3.26. The van der Waals surface area contributed by atoms with Gasteiger partial charge in [0.1, 0.15) is 12.4 Å². The van der Waals surface area contributed by atoms with Crippen LogP contribution in [0.4, 0.5) is 5.69 Å². The highest BCUT2D eigenvalue weighted by Crippen LogP contribution is 2.31. The van der Waals surface area contributed by atoms with Crippen molar-refractivity contribution in [2.75, 3.05) is 5.32 Å². The Bertz CT molecular complexity index is 1560. The minimum absolute atomic E-state index is 0.136. The van der Waals surface area contributed by atoms with Crippen LogP contribution in [0.1, 0.15) is 21.5 Å². The molecule has 2 heterocycles. The summed E-state index contributed by atoms with van der Waals surface area (Å²) in [6.45, 7) is 0.901. The van der Waals surface area contributed by atoms with Crippen molar-refractivity contribution < 1.29 is 14.3 Å². The topological polar surface area (TPSA) is 73.2 Å². The zero-order chi connectivity index (χ0) is 25.8. The summed E-state index contributed by atoms with van der Waals surface area (Å²) < 4.78 is 7.93. The van der Waals surface area contributed by atoms with Gasteiger partial charge in [-0.05, 0) is 29.3 Å². The van der Waals surface area contributed by atoms with E-state index in [1.54, 1.807) is 12.3 Å². The second-order valence-electron chi connectivity index (χ2n) is 8.37. The largest absolute Gasteiger partial charge is 0.489 e. The smallest absolute Gasteiger partial charge is 0.296 e. The summed E-state index contributed by atoms with van der Waals surface area (Å²) in [7, 11) is 0. The molecule has 0 saturated carbocycles. The maximum atomic E-state index is 13.4. The predicted octanol–water partition coefficient (Wildman–Crippen LogP) is 6.79. The van der Waals surface area contributed by atoms with E-state index >= 15 is 0 Å². The van der Waals surface area contributed by atoms with Gasteiger partial charge >= 0.3 is 0 Å². The first-order valence-electron chi connectivity index (χ1n) is 11.5. The highest BCUT2D eigenvalue weighted by atomic mass is 35.5. The van der Waals surface area contributed by atoms with E-state index in [0.717, 1.165) is 16.6 Å². The molecule has 3 aromatic carbocycles. The van der Waals surface area contributed by atoms with Gasteiger partial charge in [-0.2, -0.15) is 0 Å². The number of fused-ring (bicyclic) bond motifs is 1. The quantitative estimate of drug-likeness (QED) is 0.177. The summed E-state index contributed by atoms with van der Waals surface area (Å²) in [6.07, 6.45) is 4.38. The Morgan fingerprint density at radius 3 is 2.19 bits per heavy atom. The van der Waals surface area contributed by atoms with Crippen molar-refractivity contribution in [2.45, 2.75) is 13.2 Å². The number of hydrogen-bond acceptors (Lipinski definition) is 4. The Morgan fingerprint density at radius 1 is 0.865 bits per heavy atom. The second-order valence-corrected chi connectivity index (χ2v) is 9.19. The van der Waals surface area contributed by atoms with Crippen LogP contribution in [0.3, 0.4) is 0 Å². The third kappa shape index (κ3) is 5.50. The summed E-state index contributed by atoms with van der Waals surface area (Å²) in [5.74, 6) is -0.992. The Kier molecular flexibility index (Phi) is 7.21. The fourth-order valence-electron chi connectivity index (χ4n) is 4.02. The van der Waals surface area contributed by atoms with Crippen LogP contribution in [0.15, 0.2) is 97.5 Å². The molecule has 1 N–H and O–H groups in total. The van der Waals surface area contributed by atoms with Crippen molar-refractivity contribution in [2.24, 2.45) is 0 Å². The lowest BCUT2D eigenvalue weighted by molar-refractivity contribution is -0.112. The van der Waals surface area contributed by atoms with E-state index in [1.165, 1.54) is 12.4 Å². The first-order chi connectivity index (χ1) is 18.0. The van der Waals surface area contributed by atoms with Crippen molar-refractivity contribution in [1.29, 1.82) is 0 Å². The van der Waals surface area contributed by atoms with E-state index in [2.05, 4.69) is 10.3 Å². The van der Waals surface area contributed by atoms with Crippen molar-refractivity contribution in [3.63, 3.8) is 0 Å². The van der Waals surface area contributed by atoms with Gasteiger partial charge in [-0.3, -0.25) is 14.6 Å². The first kappa shape index (κ1) is 24.6. The number of ketones is 1. The zero-order valence-corrected chi connectivity index (χ0v) is 21.0. The molecule has 1 amide bonds. The summed E-state index contributed by atoms with van der Waals surface area (Å²) in [4.78, 5) is 30.2. The van der Waals surface area contributed by atoms with Gasteiger partial charge in [0.25, 0.3) is 11.7 Å². The molecule has 2 aromatic heterocycles. The van der Waals surface area contributed by atoms with Gasteiger partial charge in [-0.1, -0.05) is 83.9 Å². The predicted molar refractivity (Wildman–Crippen MR) is 145 cm³/mol. The average molecular weight is 530 g/mol. The SMILES string of the molecule is O=C(Nc1c(Cl)cncc1Cl)C(=O)c1cn(Cc2ccccc2)c2ccc(OCc3ccccc3)cc12. The second kappa shape index (κ2) is 10.9. The third-order valence-corrected chi connectivity index (χ3v) is 6.41. The van der Waals surface area contributed by atoms with Gasteiger partial charge in [0.05, 0.1) is 21.3 Å². The molecule has 184 valence electrons. The van der Waals surface area contributed by atoms with E-state index < -0.39 is 11.7 Å².